The lowest BCUT2D eigenvalue weighted by Crippen LogP contribution is -1.84. The molecule has 16 heavy (non-hydrogen) atoms. The average molecular weight is 290 g/mol. The van der Waals surface area contributed by atoms with Gasteiger partial charge in [-0.05, 0) is 6.07 Å². The van der Waals surface area contributed by atoms with E-state index in [4.69, 9.17) is 5.73 Å². The van der Waals surface area contributed by atoms with Crippen LogP contribution in [0.1, 0.15) is 0 Å². The van der Waals surface area contributed by atoms with Crippen LogP contribution in [-0.4, -0.2) is 4.92 Å². The van der Waals surface area contributed by atoms with Crippen molar-refractivity contribution in [2.45, 2.75) is 8.42 Å². The minimum absolute atomic E-state index is 0.0110. The molecule has 2 aromatic rings. The van der Waals surface area contributed by atoms with E-state index in [9.17, 15) is 10.1 Å². The van der Waals surface area contributed by atoms with Gasteiger partial charge in [-0.3, -0.25) is 10.1 Å². The lowest BCUT2D eigenvalue weighted by Gasteiger charge is -1.91. The van der Waals surface area contributed by atoms with E-state index in [1.807, 2.05) is 0 Å². The van der Waals surface area contributed by atoms with Crippen molar-refractivity contribution in [3.05, 3.63) is 22.2 Å². The van der Waals surface area contributed by atoms with Crippen LogP contribution in [0.25, 0.3) is 9.75 Å². The molecule has 4 nitrogen and oxygen atoms in total. The molecule has 0 saturated heterocycles. The summed E-state index contributed by atoms with van der Waals surface area (Å²) >= 11 is 10.9. The van der Waals surface area contributed by atoms with Crippen molar-refractivity contribution in [2.24, 2.45) is 0 Å². The van der Waals surface area contributed by atoms with Crippen LogP contribution in [0.5, 0.6) is 0 Å². The van der Waals surface area contributed by atoms with Crippen molar-refractivity contribution in [1.29, 1.82) is 0 Å². The summed E-state index contributed by atoms with van der Waals surface area (Å²) < 4.78 is 1.16. The molecule has 0 fully saturated rings. The van der Waals surface area contributed by atoms with Gasteiger partial charge in [-0.2, -0.15) is 0 Å². The molecular formula is C8H6N2O2S4. The van der Waals surface area contributed by atoms with Gasteiger partial charge in [-0.15, -0.1) is 47.9 Å². The third-order valence-corrected chi connectivity index (χ3v) is 4.83. The Kier molecular flexibility index (Phi) is 3.15. The highest BCUT2D eigenvalue weighted by atomic mass is 32.2. The number of nitrogens with two attached hydrogens (primary N) is 1. The van der Waals surface area contributed by atoms with Crippen LogP contribution >= 0.6 is 47.9 Å². The maximum atomic E-state index is 10.7. The Morgan fingerprint density at radius 2 is 2.00 bits per heavy atom. The number of nitro groups is 1. The number of hydrogen-bond acceptors (Lipinski definition) is 7. The first-order valence-electron chi connectivity index (χ1n) is 4.05. The zero-order chi connectivity index (χ0) is 11.9. The molecule has 2 N–H and O–H groups in total. The Morgan fingerprint density at radius 1 is 1.31 bits per heavy atom. The van der Waals surface area contributed by atoms with Gasteiger partial charge in [0, 0.05) is 6.07 Å². The molecule has 0 aliphatic carbocycles. The smallest absolute Gasteiger partial charge is 0.294 e. The van der Waals surface area contributed by atoms with Crippen molar-refractivity contribution in [2.75, 3.05) is 5.73 Å². The van der Waals surface area contributed by atoms with Crippen molar-refractivity contribution in [3.63, 3.8) is 0 Å². The zero-order valence-corrected chi connectivity index (χ0v) is 11.1. The van der Waals surface area contributed by atoms with Gasteiger partial charge in [-0.1, -0.05) is 0 Å². The summed E-state index contributed by atoms with van der Waals surface area (Å²) in [7, 11) is 0. The first-order chi connectivity index (χ1) is 7.49. The second kappa shape index (κ2) is 4.28. The number of thiophene rings is 2. The molecule has 0 spiro atoms. The van der Waals surface area contributed by atoms with Gasteiger partial charge in [0.1, 0.15) is 4.21 Å². The quantitative estimate of drug-likeness (QED) is 0.450. The van der Waals surface area contributed by atoms with E-state index in [2.05, 4.69) is 25.3 Å². The number of hydrogen-bond donors (Lipinski definition) is 3. The second-order valence-electron chi connectivity index (χ2n) is 2.93. The summed E-state index contributed by atoms with van der Waals surface area (Å²) in [4.78, 5) is 11.8. The lowest BCUT2D eigenvalue weighted by atomic mass is 10.3. The fourth-order valence-electron chi connectivity index (χ4n) is 1.20. The molecule has 0 aliphatic rings. The Hall–Kier alpha value is -0.700. The summed E-state index contributed by atoms with van der Waals surface area (Å²) in [5.74, 6) is 0. The largest absolute Gasteiger partial charge is 0.397 e. The van der Waals surface area contributed by atoms with Crippen LogP contribution < -0.4 is 5.73 Å². The summed E-state index contributed by atoms with van der Waals surface area (Å²) in [6.07, 6.45) is 0. The first kappa shape index (κ1) is 11.8. The van der Waals surface area contributed by atoms with E-state index < -0.39 is 4.92 Å². The third kappa shape index (κ3) is 2.05. The second-order valence-corrected chi connectivity index (χ2v) is 6.57. The fourth-order valence-corrected chi connectivity index (χ4v) is 3.86. The molecule has 2 rings (SSSR count). The first-order valence-corrected chi connectivity index (χ1v) is 6.57. The maximum absolute atomic E-state index is 10.7. The molecule has 8 heteroatoms. The summed E-state index contributed by atoms with van der Waals surface area (Å²) in [5.41, 5.74) is 6.38. The molecule has 0 saturated carbocycles. The molecule has 0 atom stereocenters. The van der Waals surface area contributed by atoms with Gasteiger partial charge in [-0.25, -0.2) is 0 Å². The highest BCUT2D eigenvalue weighted by molar-refractivity contribution is 7.83. The molecule has 0 radical (unpaired) electrons. The number of nitrogen functional groups attached to an aromatic ring is 1. The van der Waals surface area contributed by atoms with Crippen molar-refractivity contribution < 1.29 is 4.92 Å². The Morgan fingerprint density at radius 3 is 2.44 bits per heavy atom. The predicted octanol–water partition coefficient (Wildman–Crippen LogP) is 3.54. The Bertz CT molecular complexity index is 560. The van der Waals surface area contributed by atoms with E-state index in [0.29, 0.717) is 9.90 Å². The molecule has 0 bridgehead atoms. The summed E-state index contributed by atoms with van der Waals surface area (Å²) in [6.45, 7) is 0. The number of anilines is 1. The summed E-state index contributed by atoms with van der Waals surface area (Å²) in [6, 6.07) is 3.22. The van der Waals surface area contributed by atoms with Gasteiger partial charge in [0.25, 0.3) is 5.69 Å². The number of rotatable bonds is 2. The average Bonchev–Trinajstić information content (AvgIpc) is 2.69. The minimum atomic E-state index is -0.451. The molecule has 0 aliphatic heterocycles. The molecule has 0 unspecified atom stereocenters. The highest BCUT2D eigenvalue weighted by Gasteiger charge is 2.19. The van der Waals surface area contributed by atoms with Crippen molar-refractivity contribution in [1.82, 2.24) is 0 Å². The van der Waals surface area contributed by atoms with Crippen LogP contribution in [0.2, 0.25) is 0 Å². The van der Waals surface area contributed by atoms with Crippen molar-refractivity contribution >= 4 is 59.3 Å². The minimum Gasteiger partial charge on any atom is -0.397 e. The number of nitrogens with zero attached hydrogens (tertiary/aromatic N) is 1. The maximum Gasteiger partial charge on any atom is 0.294 e. The molecule has 0 amide bonds. The van der Waals surface area contributed by atoms with Gasteiger partial charge < -0.3 is 5.73 Å². The van der Waals surface area contributed by atoms with Gasteiger partial charge in [0.2, 0.25) is 0 Å². The van der Waals surface area contributed by atoms with Crippen LogP contribution in [-0.2, 0) is 0 Å². The van der Waals surface area contributed by atoms with Gasteiger partial charge in [0.05, 0.1) is 24.6 Å². The normalized spacial score (nSPS) is 10.6. The third-order valence-electron chi connectivity index (χ3n) is 1.86. The van der Waals surface area contributed by atoms with E-state index in [0.717, 1.165) is 14.0 Å². The zero-order valence-electron chi connectivity index (χ0n) is 7.71. The van der Waals surface area contributed by atoms with E-state index >= 15 is 0 Å². The topological polar surface area (TPSA) is 69.2 Å². The molecule has 2 heterocycles. The Labute approximate surface area is 110 Å². The van der Waals surface area contributed by atoms with Crippen LogP contribution in [0.15, 0.2) is 20.6 Å². The Balaban J connectivity index is 2.53. The standard InChI is InChI=1S/C8H6N2O2S4/c9-3-1-6(13)16-7(3)5-2-4(10(11)12)8(14)15-5/h1-2,13-14H,9H2. The highest BCUT2D eigenvalue weighted by Crippen LogP contribution is 2.44. The van der Waals surface area contributed by atoms with E-state index in [1.54, 1.807) is 6.07 Å². The monoisotopic (exact) mass is 290 g/mol. The van der Waals surface area contributed by atoms with Crippen LogP contribution in [0.3, 0.4) is 0 Å². The van der Waals surface area contributed by atoms with Gasteiger partial charge in [0.15, 0.2) is 0 Å². The predicted molar refractivity (Wildman–Crippen MR) is 73.2 cm³/mol. The van der Waals surface area contributed by atoms with Crippen molar-refractivity contribution in [3.8, 4) is 9.75 Å². The number of thiol groups is 2. The molecule has 84 valence electrons. The van der Waals surface area contributed by atoms with Crippen LogP contribution in [0, 0.1) is 10.1 Å². The lowest BCUT2D eigenvalue weighted by molar-refractivity contribution is -0.387. The molecule has 0 aromatic carbocycles. The summed E-state index contributed by atoms with van der Waals surface area (Å²) in [5, 5.41) is 10.7. The molecular weight excluding hydrogens is 284 g/mol. The van der Waals surface area contributed by atoms with E-state index in [-0.39, 0.29) is 5.69 Å². The molecule has 2 aromatic heterocycles. The fraction of sp³-hybridized carbons (Fsp3) is 0. The van der Waals surface area contributed by atoms with Crippen LogP contribution in [0.4, 0.5) is 11.4 Å². The SMILES string of the molecule is Nc1cc(S)sc1-c1cc([N+](=O)[O-])c(S)s1. The van der Waals surface area contributed by atoms with Gasteiger partial charge >= 0.3 is 0 Å². The van der Waals surface area contributed by atoms with E-state index in [1.165, 1.54) is 28.7 Å².